The molecule has 1 saturated heterocycles. The van der Waals surface area contributed by atoms with E-state index in [0.717, 1.165) is 35.1 Å². The molecule has 3 aromatic rings. The van der Waals surface area contributed by atoms with E-state index in [2.05, 4.69) is 5.32 Å². The van der Waals surface area contributed by atoms with E-state index in [9.17, 15) is 14.4 Å². The fraction of sp³-hybridized carbons (Fsp3) is 0.381. The largest absolute Gasteiger partial charge is 0.376 e. The summed E-state index contributed by atoms with van der Waals surface area (Å²) in [6.45, 7) is 4.91. The van der Waals surface area contributed by atoms with Gasteiger partial charge in [-0.05, 0) is 61.4 Å². The third-order valence-corrected chi connectivity index (χ3v) is 6.25. The minimum Gasteiger partial charge on any atom is -0.376 e. The summed E-state index contributed by atoms with van der Waals surface area (Å²) in [6.07, 6.45) is 1.95. The molecule has 2 aromatic heterocycles. The first-order chi connectivity index (χ1) is 14.0. The molecule has 0 aliphatic carbocycles. The van der Waals surface area contributed by atoms with E-state index in [1.54, 1.807) is 17.5 Å². The Morgan fingerprint density at radius 3 is 2.79 bits per heavy atom. The molecule has 1 fully saturated rings. The maximum Gasteiger partial charge on any atom is 0.336 e. The predicted octanol–water partition coefficient (Wildman–Crippen LogP) is 2.13. The van der Waals surface area contributed by atoms with Crippen molar-refractivity contribution in [1.29, 1.82) is 0 Å². The number of aromatic nitrogens is 2. The number of hydrogen-bond donors (Lipinski definition) is 1. The fourth-order valence-electron chi connectivity index (χ4n) is 3.56. The predicted molar refractivity (Wildman–Crippen MR) is 113 cm³/mol. The molecular formula is C21H23N3O4S. The monoisotopic (exact) mass is 413 g/mol. The van der Waals surface area contributed by atoms with E-state index in [0.29, 0.717) is 22.4 Å². The van der Waals surface area contributed by atoms with Gasteiger partial charge in [0.2, 0.25) is 5.91 Å². The number of amides is 1. The summed E-state index contributed by atoms with van der Waals surface area (Å²) in [7, 11) is 0. The van der Waals surface area contributed by atoms with Gasteiger partial charge in [0.05, 0.1) is 17.3 Å². The molecule has 1 amide bonds. The van der Waals surface area contributed by atoms with Crippen LogP contribution in [-0.2, 0) is 16.1 Å². The zero-order valence-corrected chi connectivity index (χ0v) is 17.3. The van der Waals surface area contributed by atoms with Gasteiger partial charge in [-0.3, -0.25) is 14.2 Å². The summed E-state index contributed by atoms with van der Waals surface area (Å²) >= 11 is 1.27. The van der Waals surface area contributed by atoms with Gasteiger partial charge in [0, 0.05) is 13.2 Å². The van der Waals surface area contributed by atoms with Crippen LogP contribution < -0.4 is 16.6 Å². The van der Waals surface area contributed by atoms with E-state index in [-0.39, 0.29) is 24.1 Å². The number of rotatable bonds is 5. The lowest BCUT2D eigenvalue weighted by atomic mass is 10.1. The van der Waals surface area contributed by atoms with Crippen LogP contribution in [0.1, 0.15) is 24.0 Å². The number of hydrogen-bond acceptors (Lipinski definition) is 5. The normalized spacial score (nSPS) is 16.4. The van der Waals surface area contributed by atoms with E-state index in [4.69, 9.17) is 4.74 Å². The Hall–Kier alpha value is -2.71. The second-order valence-corrected chi connectivity index (χ2v) is 8.27. The number of fused-ring (bicyclic) bond motifs is 1. The van der Waals surface area contributed by atoms with E-state index >= 15 is 0 Å². The van der Waals surface area contributed by atoms with E-state index in [1.165, 1.54) is 15.9 Å². The SMILES string of the molecule is Cc1ccc(-n2c(=O)c3sccc3n(CC(=O)NCC3CCCO3)c2=O)cc1C. The first kappa shape index (κ1) is 19.6. The third-order valence-electron chi connectivity index (χ3n) is 5.36. The number of thiophene rings is 1. The Kier molecular flexibility index (Phi) is 5.38. The number of nitrogens with zero attached hydrogens (tertiary/aromatic N) is 2. The molecule has 7 nitrogen and oxygen atoms in total. The third kappa shape index (κ3) is 3.77. The second kappa shape index (κ2) is 7.96. The highest BCUT2D eigenvalue weighted by atomic mass is 32.1. The van der Waals surface area contributed by atoms with Crippen LogP contribution in [0.25, 0.3) is 15.9 Å². The molecule has 1 aliphatic heterocycles. The molecule has 8 heteroatoms. The van der Waals surface area contributed by atoms with Gasteiger partial charge in [-0.25, -0.2) is 9.36 Å². The Morgan fingerprint density at radius 2 is 2.07 bits per heavy atom. The average molecular weight is 413 g/mol. The Labute approximate surface area is 171 Å². The summed E-state index contributed by atoms with van der Waals surface area (Å²) in [4.78, 5) is 38.7. The van der Waals surface area contributed by atoms with Gasteiger partial charge in [-0.1, -0.05) is 6.07 Å². The quantitative estimate of drug-likeness (QED) is 0.695. The van der Waals surface area contributed by atoms with Crippen molar-refractivity contribution in [2.75, 3.05) is 13.2 Å². The molecule has 0 saturated carbocycles. The lowest BCUT2D eigenvalue weighted by molar-refractivity contribution is -0.122. The number of benzene rings is 1. The average Bonchev–Trinajstić information content (AvgIpc) is 3.38. The molecule has 0 spiro atoms. The Bertz CT molecular complexity index is 1180. The fourth-order valence-corrected chi connectivity index (χ4v) is 4.39. The van der Waals surface area contributed by atoms with Crippen molar-refractivity contribution in [2.45, 2.75) is 39.3 Å². The minimum absolute atomic E-state index is 0.0290. The highest BCUT2D eigenvalue weighted by molar-refractivity contribution is 7.17. The molecule has 29 heavy (non-hydrogen) atoms. The Morgan fingerprint density at radius 1 is 1.24 bits per heavy atom. The van der Waals surface area contributed by atoms with Crippen molar-refractivity contribution in [2.24, 2.45) is 0 Å². The molecule has 1 atom stereocenters. The van der Waals surface area contributed by atoms with Crippen LogP contribution >= 0.6 is 11.3 Å². The van der Waals surface area contributed by atoms with Crippen molar-refractivity contribution in [3.8, 4) is 5.69 Å². The van der Waals surface area contributed by atoms with Gasteiger partial charge in [0.1, 0.15) is 11.2 Å². The zero-order chi connectivity index (χ0) is 20.5. The highest BCUT2D eigenvalue weighted by Crippen LogP contribution is 2.18. The lowest BCUT2D eigenvalue weighted by Crippen LogP contribution is -2.42. The molecule has 3 heterocycles. The van der Waals surface area contributed by atoms with Gasteiger partial charge in [0.25, 0.3) is 5.56 Å². The van der Waals surface area contributed by atoms with Crippen LogP contribution in [0.2, 0.25) is 0 Å². The molecule has 1 aromatic carbocycles. The van der Waals surface area contributed by atoms with Gasteiger partial charge in [0.15, 0.2) is 0 Å². The summed E-state index contributed by atoms with van der Waals surface area (Å²) in [5.41, 5.74) is 2.17. The van der Waals surface area contributed by atoms with Crippen molar-refractivity contribution in [3.63, 3.8) is 0 Å². The van der Waals surface area contributed by atoms with Crippen LogP contribution in [0.3, 0.4) is 0 Å². The number of nitrogens with one attached hydrogen (secondary N) is 1. The summed E-state index contributed by atoms with van der Waals surface area (Å²) in [5, 5.41) is 4.60. The van der Waals surface area contributed by atoms with Gasteiger partial charge in [-0.2, -0.15) is 0 Å². The molecule has 1 unspecified atom stereocenters. The van der Waals surface area contributed by atoms with Crippen LogP contribution in [0, 0.1) is 13.8 Å². The van der Waals surface area contributed by atoms with Crippen molar-refractivity contribution < 1.29 is 9.53 Å². The van der Waals surface area contributed by atoms with Crippen LogP contribution in [-0.4, -0.2) is 34.3 Å². The summed E-state index contributed by atoms with van der Waals surface area (Å²) < 4.78 is 8.49. The van der Waals surface area contributed by atoms with E-state index < -0.39 is 5.69 Å². The Balaban J connectivity index is 1.72. The van der Waals surface area contributed by atoms with Gasteiger partial charge >= 0.3 is 5.69 Å². The number of ether oxygens (including phenoxy) is 1. The van der Waals surface area contributed by atoms with Crippen LogP contribution in [0.4, 0.5) is 0 Å². The smallest absolute Gasteiger partial charge is 0.336 e. The first-order valence-corrected chi connectivity index (χ1v) is 10.5. The molecule has 152 valence electrons. The van der Waals surface area contributed by atoms with Crippen LogP contribution in [0.15, 0.2) is 39.2 Å². The summed E-state index contributed by atoms with van der Waals surface area (Å²) in [6, 6.07) is 7.17. The molecule has 0 bridgehead atoms. The minimum atomic E-state index is -0.517. The molecule has 1 aliphatic rings. The topological polar surface area (TPSA) is 82.3 Å². The van der Waals surface area contributed by atoms with Crippen molar-refractivity contribution in [3.05, 3.63) is 61.6 Å². The molecule has 1 N–H and O–H groups in total. The molecular weight excluding hydrogens is 390 g/mol. The lowest BCUT2D eigenvalue weighted by Gasteiger charge is -2.14. The van der Waals surface area contributed by atoms with E-state index in [1.807, 2.05) is 26.0 Å². The highest BCUT2D eigenvalue weighted by Gasteiger charge is 2.19. The maximum absolute atomic E-state index is 13.2. The zero-order valence-electron chi connectivity index (χ0n) is 16.4. The van der Waals surface area contributed by atoms with Crippen LogP contribution in [0.5, 0.6) is 0 Å². The number of carbonyl (C=O) groups excluding carboxylic acids is 1. The van der Waals surface area contributed by atoms with Crippen molar-refractivity contribution >= 4 is 27.5 Å². The van der Waals surface area contributed by atoms with Gasteiger partial charge < -0.3 is 10.1 Å². The van der Waals surface area contributed by atoms with Gasteiger partial charge in [-0.15, -0.1) is 11.3 Å². The summed E-state index contributed by atoms with van der Waals surface area (Å²) in [5.74, 6) is -0.277. The standard InChI is InChI=1S/C21H23N3O4S/c1-13-5-6-15(10-14(13)2)24-20(26)19-17(7-9-29-19)23(21(24)27)12-18(25)22-11-16-4-3-8-28-16/h5-7,9-10,16H,3-4,8,11-12H2,1-2H3,(H,22,25). The molecule has 4 rings (SSSR count). The molecule has 0 radical (unpaired) electrons. The second-order valence-electron chi connectivity index (χ2n) is 7.35. The van der Waals surface area contributed by atoms with Crippen molar-refractivity contribution in [1.82, 2.24) is 14.5 Å². The number of aryl methyl sites for hydroxylation is 2. The maximum atomic E-state index is 13.2. The first-order valence-electron chi connectivity index (χ1n) is 9.64. The number of carbonyl (C=O) groups is 1.